The van der Waals surface area contributed by atoms with Crippen molar-refractivity contribution in [2.45, 2.75) is 19.5 Å². The number of amides is 2. The Hall–Kier alpha value is -1.88. The van der Waals surface area contributed by atoms with Crippen LogP contribution >= 0.6 is 0 Å². The van der Waals surface area contributed by atoms with Crippen LogP contribution in [0.4, 0.5) is 0 Å². The van der Waals surface area contributed by atoms with Crippen LogP contribution in [0, 0.1) is 0 Å². The molecule has 0 aliphatic carbocycles. The second-order valence-corrected chi connectivity index (χ2v) is 3.99. The van der Waals surface area contributed by atoms with E-state index < -0.39 is 0 Å². The van der Waals surface area contributed by atoms with Gasteiger partial charge in [-0.05, 0) is 19.5 Å². The van der Waals surface area contributed by atoms with E-state index in [1.807, 2.05) is 30.3 Å². The maximum atomic E-state index is 11.5. The number of carbonyl (C=O) groups excluding carboxylic acids is 2. The summed E-state index contributed by atoms with van der Waals surface area (Å²) in [6, 6.07) is 9.32. The summed E-state index contributed by atoms with van der Waals surface area (Å²) in [5.41, 5.74) is 1.03. The molecule has 98 valence electrons. The molecule has 0 bridgehead atoms. The third-order valence-corrected chi connectivity index (χ3v) is 2.58. The van der Waals surface area contributed by atoms with Gasteiger partial charge < -0.3 is 16.0 Å². The van der Waals surface area contributed by atoms with Crippen LogP contribution in [0.1, 0.15) is 12.5 Å². The molecule has 0 spiro atoms. The highest BCUT2D eigenvalue weighted by Crippen LogP contribution is 1.96. The van der Waals surface area contributed by atoms with Crippen LogP contribution in [-0.4, -0.2) is 31.4 Å². The molecule has 18 heavy (non-hydrogen) atoms. The molecule has 0 saturated carbocycles. The monoisotopic (exact) mass is 249 g/mol. The van der Waals surface area contributed by atoms with Gasteiger partial charge in [-0.2, -0.15) is 0 Å². The van der Waals surface area contributed by atoms with E-state index in [0.29, 0.717) is 6.54 Å². The van der Waals surface area contributed by atoms with E-state index in [4.69, 9.17) is 0 Å². The van der Waals surface area contributed by atoms with Gasteiger partial charge in [-0.15, -0.1) is 0 Å². The molecule has 2 amide bonds. The molecule has 5 heteroatoms. The van der Waals surface area contributed by atoms with Gasteiger partial charge in [0, 0.05) is 6.54 Å². The predicted octanol–water partition coefficient (Wildman–Crippen LogP) is 0.0269. The first-order valence-electron chi connectivity index (χ1n) is 5.89. The van der Waals surface area contributed by atoms with Crippen molar-refractivity contribution in [1.82, 2.24) is 16.0 Å². The molecule has 0 fully saturated rings. The second-order valence-electron chi connectivity index (χ2n) is 3.99. The SMILES string of the molecule is CNC(C)C(=O)NCC(=O)NCc1ccccc1. The smallest absolute Gasteiger partial charge is 0.239 e. The Kier molecular flexibility index (Phi) is 5.87. The minimum atomic E-state index is -0.299. The third kappa shape index (κ3) is 4.97. The minimum Gasteiger partial charge on any atom is -0.350 e. The molecule has 0 radical (unpaired) electrons. The number of hydrogen-bond acceptors (Lipinski definition) is 3. The molecule has 0 aliphatic heterocycles. The zero-order valence-corrected chi connectivity index (χ0v) is 10.7. The van der Waals surface area contributed by atoms with Crippen LogP contribution in [0.3, 0.4) is 0 Å². The topological polar surface area (TPSA) is 70.2 Å². The van der Waals surface area contributed by atoms with E-state index in [-0.39, 0.29) is 24.4 Å². The third-order valence-electron chi connectivity index (χ3n) is 2.58. The Bertz CT molecular complexity index is 392. The first-order chi connectivity index (χ1) is 8.63. The van der Waals surface area contributed by atoms with Gasteiger partial charge in [0.05, 0.1) is 12.6 Å². The molecule has 1 rings (SSSR count). The van der Waals surface area contributed by atoms with Gasteiger partial charge >= 0.3 is 0 Å². The van der Waals surface area contributed by atoms with Gasteiger partial charge in [0.25, 0.3) is 0 Å². The zero-order valence-electron chi connectivity index (χ0n) is 10.7. The van der Waals surface area contributed by atoms with Crippen LogP contribution in [0.5, 0.6) is 0 Å². The molecule has 0 aromatic heterocycles. The fourth-order valence-electron chi connectivity index (χ4n) is 1.31. The van der Waals surface area contributed by atoms with Crippen molar-refractivity contribution in [2.75, 3.05) is 13.6 Å². The second kappa shape index (κ2) is 7.45. The predicted molar refractivity (Wildman–Crippen MR) is 69.8 cm³/mol. The van der Waals surface area contributed by atoms with Crippen molar-refractivity contribution in [3.8, 4) is 0 Å². The first kappa shape index (κ1) is 14.2. The molecular formula is C13H19N3O2. The molecular weight excluding hydrogens is 230 g/mol. The lowest BCUT2D eigenvalue weighted by Gasteiger charge is -2.11. The summed E-state index contributed by atoms with van der Waals surface area (Å²) in [7, 11) is 1.69. The standard InChI is InChI=1S/C13H19N3O2/c1-10(14-2)13(18)16-9-12(17)15-8-11-6-4-3-5-7-11/h3-7,10,14H,8-9H2,1-2H3,(H,15,17)(H,16,18). The molecule has 0 heterocycles. The molecule has 3 N–H and O–H groups in total. The maximum absolute atomic E-state index is 11.5. The maximum Gasteiger partial charge on any atom is 0.239 e. The van der Waals surface area contributed by atoms with Crippen LogP contribution < -0.4 is 16.0 Å². The lowest BCUT2D eigenvalue weighted by molar-refractivity contribution is -0.127. The number of rotatable bonds is 6. The van der Waals surface area contributed by atoms with Crippen molar-refractivity contribution in [1.29, 1.82) is 0 Å². The Labute approximate surface area is 107 Å². The van der Waals surface area contributed by atoms with Gasteiger partial charge in [-0.25, -0.2) is 0 Å². The molecule has 1 aromatic carbocycles. The highest BCUT2D eigenvalue weighted by Gasteiger charge is 2.10. The van der Waals surface area contributed by atoms with Crippen LogP contribution in [0.2, 0.25) is 0 Å². The Balaban J connectivity index is 2.24. The summed E-state index contributed by atoms with van der Waals surface area (Å²) in [6.07, 6.45) is 0. The zero-order chi connectivity index (χ0) is 13.4. The number of benzene rings is 1. The van der Waals surface area contributed by atoms with E-state index in [2.05, 4.69) is 16.0 Å². The average molecular weight is 249 g/mol. The number of nitrogens with one attached hydrogen (secondary N) is 3. The van der Waals surface area contributed by atoms with Crippen LogP contribution in [0.25, 0.3) is 0 Å². The van der Waals surface area contributed by atoms with E-state index >= 15 is 0 Å². The van der Waals surface area contributed by atoms with E-state index in [9.17, 15) is 9.59 Å². The lowest BCUT2D eigenvalue weighted by Crippen LogP contribution is -2.44. The average Bonchev–Trinajstić information content (AvgIpc) is 2.42. The fourth-order valence-corrected chi connectivity index (χ4v) is 1.31. The van der Waals surface area contributed by atoms with E-state index in [1.165, 1.54) is 0 Å². The lowest BCUT2D eigenvalue weighted by atomic mass is 10.2. The first-order valence-corrected chi connectivity index (χ1v) is 5.89. The van der Waals surface area contributed by atoms with Gasteiger partial charge in [0.1, 0.15) is 0 Å². The van der Waals surface area contributed by atoms with E-state index in [1.54, 1.807) is 14.0 Å². The van der Waals surface area contributed by atoms with Crippen molar-refractivity contribution >= 4 is 11.8 Å². The number of carbonyl (C=O) groups is 2. The highest BCUT2D eigenvalue weighted by atomic mass is 16.2. The van der Waals surface area contributed by atoms with Crippen molar-refractivity contribution in [3.05, 3.63) is 35.9 Å². The van der Waals surface area contributed by atoms with Gasteiger partial charge in [0.15, 0.2) is 0 Å². The molecule has 1 aromatic rings. The molecule has 1 atom stereocenters. The van der Waals surface area contributed by atoms with Gasteiger partial charge in [-0.1, -0.05) is 30.3 Å². The van der Waals surface area contributed by atoms with Gasteiger partial charge in [0.2, 0.25) is 11.8 Å². The van der Waals surface area contributed by atoms with Crippen molar-refractivity contribution in [2.24, 2.45) is 0 Å². The minimum absolute atomic E-state index is 0.00229. The molecule has 0 saturated heterocycles. The summed E-state index contributed by atoms with van der Waals surface area (Å²) < 4.78 is 0. The highest BCUT2D eigenvalue weighted by molar-refractivity contribution is 5.87. The van der Waals surface area contributed by atoms with Crippen molar-refractivity contribution in [3.63, 3.8) is 0 Å². The van der Waals surface area contributed by atoms with E-state index in [0.717, 1.165) is 5.56 Å². The largest absolute Gasteiger partial charge is 0.350 e. The van der Waals surface area contributed by atoms with Gasteiger partial charge in [-0.3, -0.25) is 9.59 Å². The fraction of sp³-hybridized carbons (Fsp3) is 0.385. The Morgan fingerprint density at radius 2 is 1.83 bits per heavy atom. The Morgan fingerprint density at radius 3 is 2.44 bits per heavy atom. The Morgan fingerprint density at radius 1 is 1.17 bits per heavy atom. The molecule has 0 aliphatic rings. The summed E-state index contributed by atoms with van der Waals surface area (Å²) in [6.45, 7) is 2.20. The number of likely N-dealkylation sites (N-methyl/N-ethyl adjacent to an activating group) is 1. The molecule has 1 unspecified atom stereocenters. The quantitative estimate of drug-likeness (QED) is 0.666. The van der Waals surface area contributed by atoms with Crippen LogP contribution in [-0.2, 0) is 16.1 Å². The normalized spacial score (nSPS) is 11.7. The number of hydrogen-bond donors (Lipinski definition) is 3. The molecule has 5 nitrogen and oxygen atoms in total. The van der Waals surface area contributed by atoms with Crippen LogP contribution in [0.15, 0.2) is 30.3 Å². The summed E-state index contributed by atoms with van der Waals surface area (Å²) in [5, 5.41) is 8.10. The summed E-state index contributed by atoms with van der Waals surface area (Å²) >= 11 is 0. The summed E-state index contributed by atoms with van der Waals surface area (Å²) in [5.74, 6) is -0.386. The summed E-state index contributed by atoms with van der Waals surface area (Å²) in [4.78, 5) is 22.9. The van der Waals surface area contributed by atoms with Crippen molar-refractivity contribution < 1.29 is 9.59 Å².